The van der Waals surface area contributed by atoms with Crippen molar-refractivity contribution in [2.24, 2.45) is 0 Å². The number of nitrogens with zero attached hydrogens (tertiary/aromatic N) is 1. The Balaban J connectivity index is 1.65. The second-order valence-corrected chi connectivity index (χ2v) is 9.76. The number of hydrogen-bond acceptors (Lipinski definition) is 3. The maximum Gasteiger partial charge on any atom is 0.322 e. The Morgan fingerprint density at radius 3 is 2.34 bits per heavy atom. The second-order valence-electron chi connectivity index (χ2n) is 8.62. The first-order chi connectivity index (χ1) is 17.0. The molecule has 1 atom stereocenters. The van der Waals surface area contributed by atoms with Crippen LogP contribution in [0.4, 0.5) is 10.5 Å². The van der Waals surface area contributed by atoms with E-state index in [9.17, 15) is 9.59 Å². The average Bonchev–Trinajstić information content (AvgIpc) is 2.85. The molecule has 2 N–H and O–H groups in total. The number of aliphatic carboxylic acids is 1. The lowest BCUT2D eigenvalue weighted by atomic mass is 10.1. The van der Waals surface area contributed by atoms with Crippen LogP contribution in [0.3, 0.4) is 0 Å². The molecule has 184 valence electrons. The van der Waals surface area contributed by atoms with E-state index in [1.54, 1.807) is 11.8 Å². The molecular weight excluding hydrogens is 456 g/mol. The average molecular weight is 491 g/mol. The Kier molecular flexibility index (Phi) is 10.2. The monoisotopic (exact) mass is 490 g/mol. The third kappa shape index (κ3) is 8.48. The number of anilines is 1. The number of carbonyl (C=O) groups is 2. The number of carboxylic acids is 1. The summed E-state index contributed by atoms with van der Waals surface area (Å²) in [6.07, 6.45) is 4.44. The molecule has 0 bridgehead atoms. The maximum atomic E-state index is 13.3. The van der Waals surface area contributed by atoms with Crippen molar-refractivity contribution in [3.63, 3.8) is 0 Å². The van der Waals surface area contributed by atoms with Crippen LogP contribution in [0.15, 0.2) is 88.7 Å². The Bertz CT molecular complexity index is 1090. The fraction of sp³-hybridized carbons (Fsp3) is 0.310. The molecule has 0 fully saturated rings. The predicted molar refractivity (Wildman–Crippen MR) is 143 cm³/mol. The molecule has 2 amide bonds. The molecule has 0 spiro atoms. The first-order valence-electron chi connectivity index (χ1n) is 12.2. The molecule has 3 aromatic carbocycles. The third-order valence-electron chi connectivity index (χ3n) is 5.86. The smallest absolute Gasteiger partial charge is 0.322 e. The molecule has 0 saturated carbocycles. The summed E-state index contributed by atoms with van der Waals surface area (Å²) in [7, 11) is 0. The second kappa shape index (κ2) is 13.6. The van der Waals surface area contributed by atoms with Crippen LogP contribution in [0.25, 0.3) is 0 Å². The van der Waals surface area contributed by atoms with Gasteiger partial charge in [0.1, 0.15) is 0 Å². The molecule has 5 nitrogen and oxygen atoms in total. The molecule has 0 aliphatic heterocycles. The van der Waals surface area contributed by atoms with Gasteiger partial charge in [-0.25, -0.2) is 4.79 Å². The number of rotatable bonds is 12. The van der Waals surface area contributed by atoms with Crippen LogP contribution in [-0.4, -0.2) is 28.6 Å². The van der Waals surface area contributed by atoms with Gasteiger partial charge in [-0.2, -0.15) is 0 Å². The Morgan fingerprint density at radius 1 is 0.914 bits per heavy atom. The highest BCUT2D eigenvalue weighted by molar-refractivity contribution is 7.99. The third-order valence-corrected chi connectivity index (χ3v) is 6.86. The summed E-state index contributed by atoms with van der Waals surface area (Å²) in [5.74, 6) is -0.840. The summed E-state index contributed by atoms with van der Waals surface area (Å²) in [5, 5.41) is 12.1. The van der Waals surface area contributed by atoms with Crippen molar-refractivity contribution in [3.8, 4) is 0 Å². The lowest BCUT2D eigenvalue weighted by Crippen LogP contribution is -2.37. The molecule has 0 heterocycles. The standard InChI is InChI=1S/C29H34N2O3S/c1-3-4-5-9-19-31(22(2)24-12-7-6-8-13-24)29(34)30-25-15-17-26(18-16-25)35-27-14-10-11-23(20-27)21-28(32)33/h6-8,10-18,20,22H,3-5,9,19,21H2,1-2H3,(H,30,34)(H,32,33). The molecule has 0 radical (unpaired) electrons. The summed E-state index contributed by atoms with van der Waals surface area (Å²) < 4.78 is 0. The van der Waals surface area contributed by atoms with E-state index >= 15 is 0 Å². The van der Waals surface area contributed by atoms with Gasteiger partial charge in [-0.3, -0.25) is 4.79 Å². The van der Waals surface area contributed by atoms with Gasteiger partial charge >= 0.3 is 12.0 Å². The van der Waals surface area contributed by atoms with Crippen molar-refractivity contribution >= 4 is 29.4 Å². The molecule has 0 saturated heterocycles. The first-order valence-corrected chi connectivity index (χ1v) is 13.0. The van der Waals surface area contributed by atoms with Gasteiger partial charge in [0, 0.05) is 22.0 Å². The fourth-order valence-corrected chi connectivity index (χ4v) is 4.82. The van der Waals surface area contributed by atoms with Crippen LogP contribution >= 0.6 is 11.8 Å². The van der Waals surface area contributed by atoms with E-state index in [1.807, 2.05) is 71.6 Å². The van der Waals surface area contributed by atoms with E-state index in [-0.39, 0.29) is 18.5 Å². The van der Waals surface area contributed by atoms with Crippen molar-refractivity contribution in [2.45, 2.75) is 61.8 Å². The first kappa shape index (κ1) is 26.4. The highest BCUT2D eigenvalue weighted by atomic mass is 32.2. The predicted octanol–water partition coefficient (Wildman–Crippen LogP) is 7.64. The van der Waals surface area contributed by atoms with Gasteiger partial charge < -0.3 is 15.3 Å². The fourth-order valence-electron chi connectivity index (χ4n) is 3.92. The summed E-state index contributed by atoms with van der Waals surface area (Å²) >= 11 is 1.56. The van der Waals surface area contributed by atoms with Crippen molar-refractivity contribution in [1.29, 1.82) is 0 Å². The Hall–Kier alpha value is -3.25. The quantitative estimate of drug-likeness (QED) is 0.256. The minimum Gasteiger partial charge on any atom is -0.481 e. The summed E-state index contributed by atoms with van der Waals surface area (Å²) in [5.41, 5.74) is 2.64. The zero-order valence-corrected chi connectivity index (χ0v) is 21.3. The Morgan fingerprint density at radius 2 is 1.66 bits per heavy atom. The lowest BCUT2D eigenvalue weighted by Gasteiger charge is -2.30. The number of urea groups is 1. The number of amides is 2. The molecule has 0 aromatic heterocycles. The normalized spacial score (nSPS) is 11.6. The zero-order chi connectivity index (χ0) is 25.0. The molecule has 0 aliphatic carbocycles. The maximum absolute atomic E-state index is 13.3. The van der Waals surface area contributed by atoms with Crippen LogP contribution < -0.4 is 5.32 Å². The van der Waals surface area contributed by atoms with Gasteiger partial charge in [0.2, 0.25) is 0 Å². The summed E-state index contributed by atoms with van der Waals surface area (Å²) in [6.45, 7) is 4.97. The van der Waals surface area contributed by atoms with Gasteiger partial charge in [0.15, 0.2) is 0 Å². The van der Waals surface area contributed by atoms with Gasteiger partial charge in [-0.05, 0) is 60.9 Å². The van der Waals surface area contributed by atoms with Gasteiger partial charge in [0.25, 0.3) is 0 Å². The zero-order valence-electron chi connectivity index (χ0n) is 20.4. The number of hydrogen-bond donors (Lipinski definition) is 2. The minimum absolute atomic E-state index is 0.00964. The molecule has 3 rings (SSSR count). The van der Waals surface area contributed by atoms with Gasteiger partial charge in [-0.1, -0.05) is 80.4 Å². The number of benzene rings is 3. The summed E-state index contributed by atoms with van der Waals surface area (Å²) in [6, 6.07) is 25.3. The van der Waals surface area contributed by atoms with E-state index in [0.29, 0.717) is 6.54 Å². The van der Waals surface area contributed by atoms with Crippen molar-refractivity contribution in [2.75, 3.05) is 11.9 Å². The minimum atomic E-state index is -0.840. The van der Waals surface area contributed by atoms with Crippen LogP contribution in [0.5, 0.6) is 0 Å². The molecule has 6 heteroatoms. The van der Waals surface area contributed by atoms with Crippen molar-refractivity contribution in [1.82, 2.24) is 4.90 Å². The Labute approximate surface area is 212 Å². The highest BCUT2D eigenvalue weighted by Crippen LogP contribution is 2.29. The van der Waals surface area contributed by atoms with Crippen LogP contribution in [0.1, 0.15) is 56.7 Å². The number of carboxylic acid groups (broad SMARTS) is 1. The molecule has 3 aromatic rings. The van der Waals surface area contributed by atoms with Gasteiger partial charge in [0.05, 0.1) is 12.5 Å². The largest absolute Gasteiger partial charge is 0.481 e. The van der Waals surface area contributed by atoms with Gasteiger partial charge in [-0.15, -0.1) is 0 Å². The van der Waals surface area contributed by atoms with Crippen molar-refractivity contribution < 1.29 is 14.7 Å². The van der Waals surface area contributed by atoms with Crippen LogP contribution in [0, 0.1) is 0 Å². The van der Waals surface area contributed by atoms with E-state index in [2.05, 4.69) is 31.3 Å². The van der Waals surface area contributed by atoms with Crippen LogP contribution in [-0.2, 0) is 11.2 Å². The number of carbonyl (C=O) groups excluding carboxylic acids is 1. The number of unbranched alkanes of at least 4 members (excludes halogenated alkanes) is 3. The molecular formula is C29H34N2O3S. The highest BCUT2D eigenvalue weighted by Gasteiger charge is 2.21. The van der Waals surface area contributed by atoms with E-state index in [1.165, 1.54) is 6.42 Å². The van der Waals surface area contributed by atoms with E-state index in [4.69, 9.17) is 5.11 Å². The van der Waals surface area contributed by atoms with Crippen molar-refractivity contribution in [3.05, 3.63) is 90.0 Å². The molecule has 1 unspecified atom stereocenters. The van der Waals surface area contributed by atoms with Crippen LogP contribution in [0.2, 0.25) is 0 Å². The topological polar surface area (TPSA) is 69.6 Å². The van der Waals surface area contributed by atoms with E-state index < -0.39 is 5.97 Å². The summed E-state index contributed by atoms with van der Waals surface area (Å²) in [4.78, 5) is 28.1. The molecule has 0 aliphatic rings. The molecule has 35 heavy (non-hydrogen) atoms. The SMILES string of the molecule is CCCCCCN(C(=O)Nc1ccc(Sc2cccc(CC(=O)O)c2)cc1)C(C)c1ccccc1. The van der Waals surface area contributed by atoms with E-state index in [0.717, 1.165) is 45.9 Å². The number of nitrogens with one attached hydrogen (secondary N) is 1. The lowest BCUT2D eigenvalue weighted by molar-refractivity contribution is -0.136.